The van der Waals surface area contributed by atoms with Gasteiger partial charge < -0.3 is 19.9 Å². The van der Waals surface area contributed by atoms with Crippen molar-refractivity contribution in [2.45, 2.75) is 51.8 Å². The van der Waals surface area contributed by atoms with Crippen LogP contribution in [-0.2, 0) is 4.74 Å². The normalized spacial score (nSPS) is 18.6. The molecule has 0 aromatic carbocycles. The summed E-state index contributed by atoms with van der Waals surface area (Å²) in [7, 11) is 1.75. The van der Waals surface area contributed by atoms with Crippen LogP contribution in [-0.4, -0.2) is 58.7 Å². The van der Waals surface area contributed by atoms with E-state index in [2.05, 4.69) is 10.3 Å². The van der Waals surface area contributed by atoms with Gasteiger partial charge in [-0.2, -0.15) is 0 Å². The zero-order valence-corrected chi connectivity index (χ0v) is 15.7. The van der Waals surface area contributed by atoms with E-state index in [9.17, 15) is 9.59 Å². The summed E-state index contributed by atoms with van der Waals surface area (Å²) in [4.78, 5) is 32.1. The van der Waals surface area contributed by atoms with Gasteiger partial charge in [0.2, 0.25) is 0 Å². The number of pyridine rings is 1. The molecule has 3 amide bonds. The Morgan fingerprint density at radius 3 is 2.72 bits per heavy atom. The van der Waals surface area contributed by atoms with Gasteiger partial charge in [-0.15, -0.1) is 0 Å². The van der Waals surface area contributed by atoms with Crippen LogP contribution in [0.2, 0.25) is 0 Å². The summed E-state index contributed by atoms with van der Waals surface area (Å²) in [5, 5.41) is 2.99. The van der Waals surface area contributed by atoms with Crippen molar-refractivity contribution in [2.75, 3.05) is 20.1 Å². The number of amides is 3. The minimum atomic E-state index is -0.517. The summed E-state index contributed by atoms with van der Waals surface area (Å²) in [5.41, 5.74) is 0.318. The quantitative estimate of drug-likeness (QED) is 0.911. The average molecular weight is 348 g/mol. The topological polar surface area (TPSA) is 74.8 Å². The molecule has 1 fully saturated rings. The Morgan fingerprint density at radius 1 is 1.40 bits per heavy atom. The van der Waals surface area contributed by atoms with E-state index in [4.69, 9.17) is 4.74 Å². The van der Waals surface area contributed by atoms with Crippen LogP contribution in [0.5, 0.6) is 0 Å². The fourth-order valence-electron chi connectivity index (χ4n) is 2.64. The molecule has 1 saturated heterocycles. The van der Waals surface area contributed by atoms with E-state index in [0.29, 0.717) is 13.1 Å². The second kappa shape index (κ2) is 7.72. The molecule has 0 bridgehead atoms. The number of rotatable bonds is 3. The number of carbonyl (C=O) groups is 2. The number of nitrogens with one attached hydrogen (secondary N) is 1. The Morgan fingerprint density at radius 2 is 2.12 bits per heavy atom. The summed E-state index contributed by atoms with van der Waals surface area (Å²) in [6, 6.07) is 5.27. The van der Waals surface area contributed by atoms with E-state index in [0.717, 1.165) is 12.1 Å². The van der Waals surface area contributed by atoms with Gasteiger partial charge in [0, 0.05) is 32.4 Å². The first-order valence-corrected chi connectivity index (χ1v) is 8.59. The average Bonchev–Trinajstić information content (AvgIpc) is 3.01. The summed E-state index contributed by atoms with van der Waals surface area (Å²) in [6.07, 6.45) is 2.10. The molecule has 0 unspecified atom stereocenters. The van der Waals surface area contributed by atoms with Gasteiger partial charge >= 0.3 is 12.1 Å². The lowest BCUT2D eigenvalue weighted by atomic mass is 10.2. The maximum atomic E-state index is 12.5. The van der Waals surface area contributed by atoms with Gasteiger partial charge in [0.25, 0.3) is 0 Å². The van der Waals surface area contributed by atoms with Crippen molar-refractivity contribution < 1.29 is 14.3 Å². The molecule has 7 heteroatoms. The highest BCUT2D eigenvalue weighted by Crippen LogP contribution is 2.18. The molecule has 1 aliphatic heterocycles. The lowest BCUT2D eigenvalue weighted by Crippen LogP contribution is -2.45. The zero-order chi connectivity index (χ0) is 18.6. The van der Waals surface area contributed by atoms with E-state index in [1.807, 2.05) is 45.9 Å². The van der Waals surface area contributed by atoms with Crippen molar-refractivity contribution >= 4 is 12.1 Å². The van der Waals surface area contributed by atoms with Gasteiger partial charge in [0.15, 0.2) is 0 Å². The van der Waals surface area contributed by atoms with Crippen LogP contribution in [0.15, 0.2) is 24.4 Å². The number of likely N-dealkylation sites (tertiary alicyclic amines) is 1. The van der Waals surface area contributed by atoms with Gasteiger partial charge in [-0.1, -0.05) is 6.07 Å². The van der Waals surface area contributed by atoms with E-state index in [-0.39, 0.29) is 24.2 Å². The molecule has 2 heterocycles. The van der Waals surface area contributed by atoms with E-state index in [1.165, 1.54) is 0 Å². The van der Waals surface area contributed by atoms with Crippen molar-refractivity contribution in [3.8, 4) is 0 Å². The lowest BCUT2D eigenvalue weighted by molar-refractivity contribution is 0.0291. The molecule has 1 N–H and O–H groups in total. The number of carbonyl (C=O) groups excluding carboxylic acids is 2. The molecular weight excluding hydrogens is 320 g/mol. The SMILES string of the molecule is C[C@@H](c1ccccn1)N(C)C(=O)N[C@H]1CCN(C(=O)OC(C)(C)C)C1. The fourth-order valence-corrected chi connectivity index (χ4v) is 2.64. The summed E-state index contributed by atoms with van der Waals surface area (Å²) in [5.74, 6) is 0. The first kappa shape index (κ1) is 19.0. The van der Waals surface area contributed by atoms with Crippen LogP contribution in [0.1, 0.15) is 45.9 Å². The minimum Gasteiger partial charge on any atom is -0.444 e. The first-order chi connectivity index (χ1) is 11.7. The summed E-state index contributed by atoms with van der Waals surface area (Å²) in [6.45, 7) is 8.51. The highest BCUT2D eigenvalue weighted by atomic mass is 16.6. The molecule has 0 aliphatic carbocycles. The maximum absolute atomic E-state index is 12.5. The van der Waals surface area contributed by atoms with Crippen molar-refractivity contribution in [1.29, 1.82) is 0 Å². The number of hydrogen-bond acceptors (Lipinski definition) is 4. The van der Waals surface area contributed by atoms with Crippen LogP contribution < -0.4 is 5.32 Å². The van der Waals surface area contributed by atoms with Crippen LogP contribution >= 0.6 is 0 Å². The Balaban J connectivity index is 1.86. The van der Waals surface area contributed by atoms with Gasteiger partial charge in [-0.25, -0.2) is 9.59 Å². The predicted molar refractivity (Wildman–Crippen MR) is 95.2 cm³/mol. The molecule has 0 spiro atoms. The van der Waals surface area contributed by atoms with Gasteiger partial charge in [0.1, 0.15) is 5.60 Å². The third-order valence-electron chi connectivity index (χ3n) is 4.18. The van der Waals surface area contributed by atoms with E-state index in [1.54, 1.807) is 23.0 Å². The van der Waals surface area contributed by atoms with Crippen molar-refractivity contribution in [1.82, 2.24) is 20.1 Å². The second-order valence-electron chi connectivity index (χ2n) is 7.40. The third kappa shape index (κ3) is 5.34. The predicted octanol–water partition coefficient (Wildman–Crippen LogP) is 2.79. The molecule has 0 saturated carbocycles. The number of aromatic nitrogens is 1. The molecule has 25 heavy (non-hydrogen) atoms. The lowest BCUT2D eigenvalue weighted by Gasteiger charge is -2.27. The van der Waals surface area contributed by atoms with E-state index >= 15 is 0 Å². The van der Waals surface area contributed by atoms with Crippen LogP contribution in [0.4, 0.5) is 9.59 Å². The van der Waals surface area contributed by atoms with Gasteiger partial charge in [-0.3, -0.25) is 4.98 Å². The molecule has 1 aliphatic rings. The molecule has 7 nitrogen and oxygen atoms in total. The fraction of sp³-hybridized carbons (Fsp3) is 0.611. The van der Waals surface area contributed by atoms with Crippen molar-refractivity contribution in [3.63, 3.8) is 0 Å². The second-order valence-corrected chi connectivity index (χ2v) is 7.40. The number of hydrogen-bond donors (Lipinski definition) is 1. The maximum Gasteiger partial charge on any atom is 0.410 e. The summed E-state index contributed by atoms with van der Waals surface area (Å²) < 4.78 is 5.37. The number of nitrogens with zero attached hydrogens (tertiary/aromatic N) is 3. The highest BCUT2D eigenvalue weighted by Gasteiger charge is 2.31. The molecule has 138 valence electrons. The molecular formula is C18H28N4O3. The molecule has 1 aromatic heterocycles. The van der Waals surface area contributed by atoms with E-state index < -0.39 is 5.60 Å². The smallest absolute Gasteiger partial charge is 0.410 e. The van der Waals surface area contributed by atoms with Crippen molar-refractivity contribution in [2.24, 2.45) is 0 Å². The number of ether oxygens (including phenoxy) is 1. The summed E-state index contributed by atoms with van der Waals surface area (Å²) >= 11 is 0. The standard InChI is InChI=1S/C18H28N4O3/c1-13(15-8-6-7-10-19-15)21(5)16(23)20-14-9-11-22(12-14)17(24)25-18(2,3)4/h6-8,10,13-14H,9,11-12H2,1-5H3,(H,20,23)/t13-,14-/m0/s1. The monoisotopic (exact) mass is 348 g/mol. The molecule has 2 rings (SSSR count). The van der Waals surface area contributed by atoms with Crippen LogP contribution in [0, 0.1) is 0 Å². The minimum absolute atomic E-state index is 0.0709. The Hall–Kier alpha value is -2.31. The molecule has 1 aromatic rings. The molecule has 2 atom stereocenters. The van der Waals surface area contributed by atoms with Crippen LogP contribution in [0.3, 0.4) is 0 Å². The van der Waals surface area contributed by atoms with Gasteiger partial charge in [-0.05, 0) is 46.2 Å². The Kier molecular flexibility index (Phi) is 5.87. The van der Waals surface area contributed by atoms with Crippen LogP contribution in [0.25, 0.3) is 0 Å². The third-order valence-corrected chi connectivity index (χ3v) is 4.18. The molecule has 0 radical (unpaired) electrons. The Bertz CT molecular complexity index is 600. The van der Waals surface area contributed by atoms with Crippen molar-refractivity contribution in [3.05, 3.63) is 30.1 Å². The number of urea groups is 1. The van der Waals surface area contributed by atoms with Gasteiger partial charge in [0.05, 0.1) is 11.7 Å². The largest absolute Gasteiger partial charge is 0.444 e. The Labute approximate surface area is 149 Å². The highest BCUT2D eigenvalue weighted by molar-refractivity contribution is 5.75. The zero-order valence-electron chi connectivity index (χ0n) is 15.7. The first-order valence-electron chi connectivity index (χ1n) is 8.59.